The van der Waals surface area contributed by atoms with E-state index in [1.54, 1.807) is 0 Å². The van der Waals surface area contributed by atoms with Gasteiger partial charge in [-0.05, 0) is 176 Å². The molecule has 0 saturated carbocycles. The Bertz CT molecular complexity index is 6030. The number of nitrogens with zero attached hydrogens (tertiary/aromatic N) is 2. The monoisotopic (exact) mass is 1260 g/mol. The quantitative estimate of drug-likeness (QED) is 0.148. The fourth-order valence-corrected chi connectivity index (χ4v) is 16.5. The van der Waals surface area contributed by atoms with Crippen molar-refractivity contribution in [3.05, 3.63) is 408 Å². The maximum atomic E-state index is 14.2. The van der Waals surface area contributed by atoms with Gasteiger partial charge in [0.15, 0.2) is 0 Å². The van der Waals surface area contributed by atoms with Gasteiger partial charge in [0.2, 0.25) is 0 Å². The molecule has 3 heterocycles. The third-order valence-electron chi connectivity index (χ3n) is 20.5. The Balaban J connectivity index is 0.000000149. The SMILES string of the molecule is Fc1ccc(-n2c3ccccc3c3cc(N(c4ccc5c(c4)C(c4ccccc4)(c4ccccc4)c4ccccc4-5)c4cccc5oc6ccccc6c45)ccc32)cc1.c1ccc(C2(c3ccccc3)c3ccccc3-c3ccc(Nc4cccc5oc6ccccc6c45)cc32)cc1. The number of hydrogen-bond donors (Lipinski definition) is 1. The predicted molar refractivity (Wildman–Crippen MR) is 401 cm³/mol. The molecule has 0 spiro atoms. The van der Waals surface area contributed by atoms with Crippen LogP contribution in [-0.2, 0) is 10.8 Å². The van der Waals surface area contributed by atoms with E-state index < -0.39 is 10.8 Å². The molecule has 20 rings (SSSR count). The largest absolute Gasteiger partial charge is 0.456 e. The van der Waals surface area contributed by atoms with Gasteiger partial charge in [-0.15, -0.1) is 0 Å². The predicted octanol–water partition coefficient (Wildman–Crippen LogP) is 24.3. The molecule has 0 fully saturated rings. The van der Waals surface area contributed by atoms with E-state index in [1.807, 2.05) is 42.5 Å². The summed E-state index contributed by atoms with van der Waals surface area (Å²) in [6, 6.07) is 126. The number of rotatable bonds is 10. The molecule has 5 nitrogen and oxygen atoms in total. The number of para-hydroxylation sites is 3. The maximum Gasteiger partial charge on any atom is 0.137 e. The van der Waals surface area contributed by atoms with Crippen LogP contribution in [0.15, 0.2) is 367 Å². The molecule has 0 bridgehead atoms. The van der Waals surface area contributed by atoms with Crippen LogP contribution in [0.1, 0.15) is 44.5 Å². The minimum atomic E-state index is -0.559. The molecule has 15 aromatic carbocycles. The third-order valence-corrected chi connectivity index (χ3v) is 20.5. The minimum absolute atomic E-state index is 0.255. The van der Waals surface area contributed by atoms with Crippen LogP contribution in [0.4, 0.5) is 32.8 Å². The highest BCUT2D eigenvalue weighted by Gasteiger charge is 2.48. The third kappa shape index (κ3) is 8.64. The summed E-state index contributed by atoms with van der Waals surface area (Å²) in [5.74, 6) is -0.255. The van der Waals surface area contributed by atoms with Gasteiger partial charge in [0.05, 0.1) is 44.0 Å². The van der Waals surface area contributed by atoms with Crippen molar-refractivity contribution in [3.63, 3.8) is 0 Å². The molecular weight excluding hydrogens is 1200 g/mol. The molecule has 0 unspecified atom stereocenters. The summed E-state index contributed by atoms with van der Waals surface area (Å²) >= 11 is 0. The Morgan fingerprint density at radius 3 is 1.35 bits per heavy atom. The Morgan fingerprint density at radius 2 is 0.745 bits per heavy atom. The standard InChI is InChI=1S/C55H35FN2O.C37H25NO/c56-38-26-28-39(29-27-38)58-49-22-11-8-19-44(49)46-34-40(31-33-50(46)58)57(51-23-13-25-53-54(51)45-20-9-12-24-52(45)59-53)41-30-32-43-42-18-7-10-21-47(42)55(48(43)35-41,36-14-3-1-4-15-36)37-16-5-2-6-17-37;1-3-12-25(13-4-1)37(26-14-5-2-6-15-26)31-18-9-7-16-28(31)29-23-22-27(24-32(29)37)38-33-19-11-21-35-36(33)30-17-8-10-20-34(30)39-35/h1-35H;1-24,38H. The molecule has 98 heavy (non-hydrogen) atoms. The number of aromatic nitrogens is 1. The zero-order chi connectivity index (χ0) is 64.9. The molecule has 18 aromatic rings. The van der Waals surface area contributed by atoms with Gasteiger partial charge >= 0.3 is 0 Å². The fourth-order valence-electron chi connectivity index (χ4n) is 16.5. The van der Waals surface area contributed by atoms with Gasteiger partial charge in [0.25, 0.3) is 0 Å². The summed E-state index contributed by atoms with van der Waals surface area (Å²) in [6.07, 6.45) is 0. The van der Waals surface area contributed by atoms with E-state index in [4.69, 9.17) is 8.83 Å². The molecule has 0 radical (unpaired) electrons. The lowest BCUT2D eigenvalue weighted by Crippen LogP contribution is -2.28. The van der Waals surface area contributed by atoms with E-state index in [0.717, 1.165) is 99.8 Å². The first kappa shape index (κ1) is 56.7. The van der Waals surface area contributed by atoms with E-state index >= 15 is 0 Å². The Morgan fingerprint density at radius 1 is 0.306 bits per heavy atom. The number of hydrogen-bond acceptors (Lipinski definition) is 4. The van der Waals surface area contributed by atoms with E-state index in [0.29, 0.717) is 0 Å². The van der Waals surface area contributed by atoms with Crippen LogP contribution in [0, 0.1) is 5.82 Å². The van der Waals surface area contributed by atoms with E-state index in [9.17, 15) is 4.39 Å². The first-order valence-electron chi connectivity index (χ1n) is 33.4. The number of fused-ring (bicyclic) bond motifs is 15. The molecule has 462 valence electrons. The molecule has 1 N–H and O–H groups in total. The number of halogens is 1. The van der Waals surface area contributed by atoms with E-state index in [1.165, 1.54) is 78.9 Å². The van der Waals surface area contributed by atoms with Gasteiger partial charge in [0, 0.05) is 44.3 Å². The molecule has 0 saturated heterocycles. The molecular formula is C92H60FN3O2. The van der Waals surface area contributed by atoms with Crippen molar-refractivity contribution in [1.29, 1.82) is 0 Å². The second kappa shape index (κ2) is 22.7. The minimum Gasteiger partial charge on any atom is -0.456 e. The highest BCUT2D eigenvalue weighted by atomic mass is 19.1. The van der Waals surface area contributed by atoms with Crippen LogP contribution in [0.5, 0.6) is 0 Å². The van der Waals surface area contributed by atoms with Crippen LogP contribution in [-0.4, -0.2) is 4.57 Å². The van der Waals surface area contributed by atoms with E-state index in [-0.39, 0.29) is 5.82 Å². The molecule has 0 amide bonds. The van der Waals surface area contributed by atoms with Crippen molar-refractivity contribution in [1.82, 2.24) is 4.57 Å². The number of furan rings is 2. The van der Waals surface area contributed by atoms with Gasteiger partial charge < -0.3 is 23.6 Å². The topological polar surface area (TPSA) is 46.5 Å². The Hall–Kier alpha value is -12.8. The van der Waals surface area contributed by atoms with Gasteiger partial charge in [0.1, 0.15) is 28.1 Å². The summed E-state index contributed by atoms with van der Waals surface area (Å²) in [5.41, 5.74) is 25.8. The average molecular weight is 1260 g/mol. The van der Waals surface area contributed by atoms with Crippen molar-refractivity contribution < 1.29 is 13.2 Å². The van der Waals surface area contributed by atoms with Gasteiger partial charge in [-0.25, -0.2) is 4.39 Å². The second-order valence-electron chi connectivity index (χ2n) is 25.6. The van der Waals surface area contributed by atoms with Crippen LogP contribution in [0.25, 0.3) is 93.6 Å². The Kier molecular flexibility index (Phi) is 13.2. The molecule has 2 aliphatic rings. The van der Waals surface area contributed by atoms with Gasteiger partial charge in [-0.2, -0.15) is 0 Å². The molecule has 0 aliphatic heterocycles. The van der Waals surface area contributed by atoms with Crippen molar-refractivity contribution >= 4 is 94.1 Å². The summed E-state index contributed by atoms with van der Waals surface area (Å²) < 4.78 is 29.1. The number of nitrogens with one attached hydrogen (secondary N) is 1. The lowest BCUT2D eigenvalue weighted by molar-refractivity contribution is 0.627. The zero-order valence-electron chi connectivity index (χ0n) is 53.2. The normalized spacial score (nSPS) is 13.1. The highest BCUT2D eigenvalue weighted by molar-refractivity contribution is 6.16. The summed E-state index contributed by atoms with van der Waals surface area (Å²) in [7, 11) is 0. The number of benzene rings is 15. The molecule has 3 aromatic heterocycles. The number of anilines is 5. The molecule has 0 atom stereocenters. The van der Waals surface area contributed by atoms with Crippen molar-refractivity contribution in [2.45, 2.75) is 10.8 Å². The second-order valence-corrected chi connectivity index (χ2v) is 25.6. The molecule has 2 aliphatic carbocycles. The smallest absolute Gasteiger partial charge is 0.137 e. The average Bonchev–Trinajstić information content (AvgIpc) is 1.53. The summed E-state index contributed by atoms with van der Waals surface area (Å²) in [4.78, 5) is 2.40. The van der Waals surface area contributed by atoms with Gasteiger partial charge in [-0.1, -0.05) is 249 Å². The first-order valence-corrected chi connectivity index (χ1v) is 33.4. The zero-order valence-corrected chi connectivity index (χ0v) is 53.2. The maximum absolute atomic E-state index is 14.2. The molecule has 6 heteroatoms. The van der Waals surface area contributed by atoms with Crippen LogP contribution >= 0.6 is 0 Å². The highest BCUT2D eigenvalue weighted by Crippen LogP contribution is 2.59. The van der Waals surface area contributed by atoms with Crippen molar-refractivity contribution in [2.75, 3.05) is 10.2 Å². The van der Waals surface area contributed by atoms with Crippen LogP contribution in [0.3, 0.4) is 0 Å². The lowest BCUT2D eigenvalue weighted by Gasteiger charge is -2.35. The van der Waals surface area contributed by atoms with Crippen molar-refractivity contribution in [2.24, 2.45) is 0 Å². The summed E-state index contributed by atoms with van der Waals surface area (Å²) in [5, 5.41) is 10.3. The lowest BCUT2D eigenvalue weighted by atomic mass is 9.67. The fraction of sp³-hybridized carbons (Fsp3) is 0.0217. The van der Waals surface area contributed by atoms with Crippen LogP contribution in [0.2, 0.25) is 0 Å². The van der Waals surface area contributed by atoms with Crippen LogP contribution < -0.4 is 10.2 Å². The Labute approximate surface area is 565 Å². The van der Waals surface area contributed by atoms with Crippen molar-refractivity contribution in [3.8, 4) is 27.9 Å². The van der Waals surface area contributed by atoms with E-state index in [2.05, 4.69) is 318 Å². The first-order chi connectivity index (χ1) is 48.5. The van der Waals surface area contributed by atoms with Gasteiger partial charge in [-0.3, -0.25) is 0 Å². The summed E-state index contributed by atoms with van der Waals surface area (Å²) in [6.45, 7) is 0.